The maximum atomic E-state index is 2.38. The van der Waals surface area contributed by atoms with E-state index < -0.39 is 0 Å². The maximum absolute atomic E-state index is 2.38. The van der Waals surface area contributed by atoms with Gasteiger partial charge in [-0.1, -0.05) is 218 Å². The lowest BCUT2D eigenvalue weighted by Gasteiger charge is -2.27. The average Bonchev–Trinajstić information content (AvgIpc) is 3.41. The van der Waals surface area contributed by atoms with E-state index in [-0.39, 0.29) is 0 Å². The van der Waals surface area contributed by atoms with Crippen molar-refractivity contribution in [3.63, 3.8) is 0 Å². The van der Waals surface area contributed by atoms with Crippen LogP contribution in [0, 0.1) is 0 Å². The van der Waals surface area contributed by atoms with Crippen molar-refractivity contribution >= 4 is 89.4 Å². The lowest BCUT2D eigenvalue weighted by atomic mass is 10.0. The first-order chi connectivity index (χ1) is 33.7. The van der Waals surface area contributed by atoms with Crippen LogP contribution in [0.5, 0.6) is 0 Å². The van der Waals surface area contributed by atoms with Crippen molar-refractivity contribution in [2.45, 2.75) is 0 Å². The van der Waals surface area contributed by atoms with Gasteiger partial charge in [-0.2, -0.15) is 0 Å². The summed E-state index contributed by atoms with van der Waals surface area (Å²) in [6, 6.07) is 96.6. The molecule has 2 nitrogen and oxygen atoms in total. The Morgan fingerprint density at radius 2 is 0.529 bits per heavy atom. The first kappa shape index (κ1) is 40.5. The zero-order chi connectivity index (χ0) is 45.2. The van der Waals surface area contributed by atoms with Gasteiger partial charge in [-0.05, 0) is 126 Å². The van der Waals surface area contributed by atoms with Gasteiger partial charge in [0.15, 0.2) is 0 Å². The van der Waals surface area contributed by atoms with Crippen LogP contribution in [-0.2, 0) is 0 Å². The second kappa shape index (κ2) is 17.8. The molecule has 0 heterocycles. The van der Waals surface area contributed by atoms with Crippen LogP contribution in [-0.4, -0.2) is 0 Å². The first-order valence-corrected chi connectivity index (χ1v) is 23.3. The monoisotopic (exact) mass is 866 g/mol. The van der Waals surface area contributed by atoms with E-state index in [1.807, 2.05) is 0 Å². The maximum Gasteiger partial charge on any atom is 0.0540 e. The quantitative estimate of drug-likeness (QED) is 0.126. The van der Waals surface area contributed by atoms with E-state index in [4.69, 9.17) is 0 Å². The highest BCUT2D eigenvalue weighted by Crippen LogP contribution is 2.42. The molecule has 0 aliphatic carbocycles. The lowest BCUT2D eigenvalue weighted by Crippen LogP contribution is -2.10. The molecule has 0 fully saturated rings. The van der Waals surface area contributed by atoms with Crippen molar-refractivity contribution in [1.82, 2.24) is 0 Å². The Labute approximate surface area is 397 Å². The normalized spacial score (nSPS) is 11.5. The molecule has 0 bridgehead atoms. The number of hydrogen-bond acceptors (Lipinski definition) is 2. The predicted molar refractivity (Wildman–Crippen MR) is 292 cm³/mol. The molecule has 68 heavy (non-hydrogen) atoms. The molecule has 12 aromatic carbocycles. The van der Waals surface area contributed by atoms with Crippen LogP contribution < -0.4 is 9.80 Å². The van der Waals surface area contributed by atoms with Crippen LogP contribution in [0.15, 0.2) is 267 Å². The number of fused-ring (bicyclic) bond motifs is 4. The van der Waals surface area contributed by atoms with E-state index in [2.05, 4.69) is 289 Å². The van der Waals surface area contributed by atoms with Crippen molar-refractivity contribution < 1.29 is 0 Å². The molecule has 0 atom stereocenters. The van der Waals surface area contributed by atoms with Gasteiger partial charge in [0, 0.05) is 33.5 Å². The van der Waals surface area contributed by atoms with E-state index in [0.717, 1.165) is 45.3 Å². The topological polar surface area (TPSA) is 6.48 Å². The molecule has 0 aromatic heterocycles. The smallest absolute Gasteiger partial charge is 0.0540 e. The summed E-state index contributed by atoms with van der Waals surface area (Å²) in [4.78, 5) is 4.76. The number of benzene rings is 12. The van der Waals surface area contributed by atoms with Gasteiger partial charge in [-0.15, -0.1) is 0 Å². The van der Waals surface area contributed by atoms with Crippen molar-refractivity contribution in [1.29, 1.82) is 0 Å². The Hall–Kier alpha value is -8.98. The van der Waals surface area contributed by atoms with Gasteiger partial charge in [0.05, 0.1) is 11.4 Å². The third kappa shape index (κ3) is 7.95. The summed E-state index contributed by atoms with van der Waals surface area (Å²) >= 11 is 0. The van der Waals surface area contributed by atoms with Crippen LogP contribution in [0.2, 0.25) is 0 Å². The molecule has 0 saturated heterocycles. The Morgan fingerprint density at radius 1 is 0.221 bits per heavy atom. The lowest BCUT2D eigenvalue weighted by molar-refractivity contribution is 1.30. The molecule has 0 aliphatic rings. The van der Waals surface area contributed by atoms with Crippen molar-refractivity contribution in [2.75, 3.05) is 9.80 Å². The fourth-order valence-corrected chi connectivity index (χ4v) is 9.66. The standard InChI is InChI=1S/C66H46N2/c1-3-15-57-45-61(43-37-49(57)11-1)67(65-21-9-17-55-13-5-7-19-63(55)65)59-39-33-53(34-40-59)51-29-25-47(26-30-51)23-24-48-27-31-52(32-28-48)54-35-41-60(42-36-54)68(62-44-38-50-12-2-4-16-58(50)46-62)66-22-10-18-56-14-6-8-20-64(56)66/h1-46H/b24-23+. The number of nitrogens with zero attached hydrogens (tertiary/aromatic N) is 2. The van der Waals surface area contributed by atoms with E-state index in [9.17, 15) is 0 Å². The van der Waals surface area contributed by atoms with E-state index in [1.165, 1.54) is 65.3 Å². The minimum atomic E-state index is 1.11. The summed E-state index contributed by atoms with van der Waals surface area (Å²) in [7, 11) is 0. The van der Waals surface area contributed by atoms with E-state index in [1.54, 1.807) is 0 Å². The minimum Gasteiger partial charge on any atom is -0.310 e. The van der Waals surface area contributed by atoms with Crippen LogP contribution >= 0.6 is 0 Å². The number of rotatable bonds is 10. The highest BCUT2D eigenvalue weighted by molar-refractivity contribution is 6.02. The molecule has 0 unspecified atom stereocenters. The number of anilines is 6. The summed E-state index contributed by atoms with van der Waals surface area (Å²) < 4.78 is 0. The van der Waals surface area contributed by atoms with Gasteiger partial charge in [0.2, 0.25) is 0 Å². The molecule has 0 amide bonds. The molecule has 12 aromatic rings. The zero-order valence-corrected chi connectivity index (χ0v) is 37.5. The van der Waals surface area contributed by atoms with Gasteiger partial charge >= 0.3 is 0 Å². The predicted octanol–water partition coefficient (Wildman–Crippen LogP) is 18.7. The van der Waals surface area contributed by atoms with Gasteiger partial charge in [-0.25, -0.2) is 0 Å². The summed E-state index contributed by atoms with van der Waals surface area (Å²) in [6.07, 6.45) is 4.38. The molecule has 12 rings (SSSR count). The second-order valence-electron chi connectivity index (χ2n) is 17.4. The molecule has 0 N–H and O–H groups in total. The van der Waals surface area contributed by atoms with E-state index >= 15 is 0 Å². The SMILES string of the molecule is C(=C\c1ccc(-c2ccc(N(c3ccc4ccccc4c3)c3cccc4ccccc34)cc2)cc1)/c1ccc(-c2ccc(N(c3ccc4ccccc4c3)c3cccc4ccccc34)cc2)cc1. The zero-order valence-electron chi connectivity index (χ0n) is 37.5. The fraction of sp³-hybridized carbons (Fsp3) is 0. The van der Waals surface area contributed by atoms with Gasteiger partial charge in [-0.3, -0.25) is 0 Å². The molecule has 0 aliphatic heterocycles. The van der Waals surface area contributed by atoms with Crippen LogP contribution in [0.25, 0.3) is 77.5 Å². The van der Waals surface area contributed by atoms with Crippen LogP contribution in [0.1, 0.15) is 11.1 Å². The van der Waals surface area contributed by atoms with E-state index in [0.29, 0.717) is 0 Å². The molecule has 0 radical (unpaired) electrons. The largest absolute Gasteiger partial charge is 0.310 e. The summed E-state index contributed by atoms with van der Waals surface area (Å²) in [5, 5.41) is 9.79. The summed E-state index contributed by atoms with van der Waals surface area (Å²) in [5.41, 5.74) is 13.8. The second-order valence-corrected chi connectivity index (χ2v) is 17.4. The fourth-order valence-electron chi connectivity index (χ4n) is 9.66. The Kier molecular flexibility index (Phi) is 10.6. The molecular formula is C66H46N2. The van der Waals surface area contributed by atoms with Gasteiger partial charge < -0.3 is 9.80 Å². The highest BCUT2D eigenvalue weighted by Gasteiger charge is 2.18. The first-order valence-electron chi connectivity index (χ1n) is 23.3. The number of hydrogen-bond donors (Lipinski definition) is 0. The highest BCUT2D eigenvalue weighted by atomic mass is 15.1. The van der Waals surface area contributed by atoms with Crippen molar-refractivity contribution in [2.24, 2.45) is 0 Å². The molecule has 0 saturated carbocycles. The van der Waals surface area contributed by atoms with Crippen molar-refractivity contribution in [3.8, 4) is 22.3 Å². The summed E-state index contributed by atoms with van der Waals surface area (Å²) in [5.74, 6) is 0. The van der Waals surface area contributed by atoms with Crippen LogP contribution in [0.4, 0.5) is 34.1 Å². The van der Waals surface area contributed by atoms with Gasteiger partial charge in [0.1, 0.15) is 0 Å². The average molecular weight is 867 g/mol. The molecule has 320 valence electrons. The third-order valence-corrected chi connectivity index (χ3v) is 13.2. The minimum absolute atomic E-state index is 1.11. The Balaban J connectivity index is 0.766. The van der Waals surface area contributed by atoms with Crippen LogP contribution in [0.3, 0.4) is 0 Å². The molecule has 0 spiro atoms. The van der Waals surface area contributed by atoms with Gasteiger partial charge in [0.25, 0.3) is 0 Å². The van der Waals surface area contributed by atoms with Crippen molar-refractivity contribution in [3.05, 3.63) is 278 Å². The molecular weight excluding hydrogens is 821 g/mol. The molecule has 2 heteroatoms. The third-order valence-electron chi connectivity index (χ3n) is 13.2. The Bertz CT molecular complexity index is 3510. The summed E-state index contributed by atoms with van der Waals surface area (Å²) in [6.45, 7) is 0. The Morgan fingerprint density at radius 3 is 0.926 bits per heavy atom.